The highest BCUT2D eigenvalue weighted by molar-refractivity contribution is 6.39. The minimum absolute atomic E-state index is 0.524. The van der Waals surface area contributed by atoms with Gasteiger partial charge < -0.3 is 13.6 Å². The van der Waals surface area contributed by atoms with E-state index in [1.165, 1.54) is 0 Å². The van der Waals surface area contributed by atoms with Gasteiger partial charge in [0, 0.05) is 43.9 Å². The van der Waals surface area contributed by atoms with Gasteiger partial charge >= 0.3 is 0 Å². The van der Waals surface area contributed by atoms with Crippen molar-refractivity contribution in [2.45, 2.75) is 0 Å². The molecule has 59 heavy (non-hydrogen) atoms. The first-order valence-corrected chi connectivity index (χ1v) is 19.6. The SMILES string of the molecule is N#Cc1cc(-c2cc(-c3ccccc3)nc(-c3ccccc3)n2)ccc1-n1c2ccccc2c2c3c(c4ccccc4n3-c3ccccc3)c3oc4ccccc4c3c21. The molecular formula is C53H31N5O. The minimum atomic E-state index is 0.524. The summed E-state index contributed by atoms with van der Waals surface area (Å²) < 4.78 is 11.6. The second-order valence-corrected chi connectivity index (χ2v) is 14.8. The molecule has 0 saturated heterocycles. The second-order valence-electron chi connectivity index (χ2n) is 14.8. The van der Waals surface area contributed by atoms with Gasteiger partial charge in [0.1, 0.15) is 17.2 Å². The van der Waals surface area contributed by atoms with Gasteiger partial charge in [-0.1, -0.05) is 140 Å². The summed E-state index contributed by atoms with van der Waals surface area (Å²) in [5.41, 5.74) is 12.4. The van der Waals surface area contributed by atoms with Crippen molar-refractivity contribution in [3.8, 4) is 51.3 Å². The predicted octanol–water partition coefficient (Wildman–Crippen LogP) is 13.4. The Labute approximate surface area is 338 Å². The third kappa shape index (κ3) is 4.92. The van der Waals surface area contributed by atoms with Gasteiger partial charge in [-0.15, -0.1) is 0 Å². The number of hydrogen-bond donors (Lipinski definition) is 0. The number of furan rings is 1. The van der Waals surface area contributed by atoms with E-state index in [9.17, 15) is 5.26 Å². The van der Waals surface area contributed by atoms with Gasteiger partial charge in [0.05, 0.1) is 55.5 Å². The third-order valence-electron chi connectivity index (χ3n) is 11.5. The third-order valence-corrected chi connectivity index (χ3v) is 11.5. The maximum absolute atomic E-state index is 11.1. The fourth-order valence-corrected chi connectivity index (χ4v) is 9.02. The maximum Gasteiger partial charge on any atom is 0.160 e. The lowest BCUT2D eigenvalue weighted by molar-refractivity contribution is 0.673. The van der Waals surface area contributed by atoms with Gasteiger partial charge in [0.25, 0.3) is 0 Å². The van der Waals surface area contributed by atoms with Crippen molar-refractivity contribution >= 4 is 65.6 Å². The minimum Gasteiger partial charge on any atom is -0.455 e. The zero-order valence-corrected chi connectivity index (χ0v) is 31.5. The molecule has 8 aromatic carbocycles. The summed E-state index contributed by atoms with van der Waals surface area (Å²) in [5, 5.41) is 17.5. The lowest BCUT2D eigenvalue weighted by Crippen LogP contribution is -2.00. The van der Waals surface area contributed by atoms with Gasteiger partial charge in [-0.25, -0.2) is 9.97 Å². The van der Waals surface area contributed by atoms with Gasteiger partial charge in [0.2, 0.25) is 0 Å². The summed E-state index contributed by atoms with van der Waals surface area (Å²) in [6.45, 7) is 0. The van der Waals surface area contributed by atoms with E-state index in [0.29, 0.717) is 11.4 Å². The molecule has 6 nitrogen and oxygen atoms in total. The van der Waals surface area contributed by atoms with Crippen LogP contribution in [0.15, 0.2) is 192 Å². The Bertz CT molecular complexity index is 3610. The summed E-state index contributed by atoms with van der Waals surface area (Å²) in [6.07, 6.45) is 0. The molecule has 0 unspecified atom stereocenters. The first-order chi connectivity index (χ1) is 29.2. The molecule has 12 aromatic rings. The molecule has 0 bridgehead atoms. The van der Waals surface area contributed by atoms with Crippen molar-refractivity contribution < 1.29 is 4.42 Å². The lowest BCUT2D eigenvalue weighted by Gasteiger charge is -2.14. The largest absolute Gasteiger partial charge is 0.455 e. The number of para-hydroxylation sites is 4. The zero-order chi connectivity index (χ0) is 39.0. The number of rotatable bonds is 5. The summed E-state index contributed by atoms with van der Waals surface area (Å²) in [5.74, 6) is 0.624. The Morgan fingerprint density at radius 2 is 1.00 bits per heavy atom. The fraction of sp³-hybridized carbons (Fsp3) is 0. The van der Waals surface area contributed by atoms with E-state index in [-0.39, 0.29) is 0 Å². The maximum atomic E-state index is 11.1. The van der Waals surface area contributed by atoms with Crippen LogP contribution in [0.5, 0.6) is 0 Å². The number of hydrogen-bond acceptors (Lipinski definition) is 4. The summed E-state index contributed by atoms with van der Waals surface area (Å²) in [7, 11) is 0. The Kier molecular flexibility index (Phi) is 7.19. The smallest absolute Gasteiger partial charge is 0.160 e. The molecule has 4 heterocycles. The monoisotopic (exact) mass is 753 g/mol. The van der Waals surface area contributed by atoms with Crippen molar-refractivity contribution in [2.75, 3.05) is 0 Å². The summed E-state index contributed by atoms with van der Waals surface area (Å²) in [4.78, 5) is 10.1. The van der Waals surface area contributed by atoms with E-state index >= 15 is 0 Å². The average Bonchev–Trinajstić information content (AvgIpc) is 3.97. The van der Waals surface area contributed by atoms with E-state index in [1.807, 2.05) is 72.8 Å². The second kappa shape index (κ2) is 12.9. The lowest BCUT2D eigenvalue weighted by atomic mass is 10.0. The van der Waals surface area contributed by atoms with Crippen LogP contribution in [0.1, 0.15) is 5.56 Å². The van der Waals surface area contributed by atoms with E-state index in [1.54, 1.807) is 0 Å². The Morgan fingerprint density at radius 1 is 0.458 bits per heavy atom. The van der Waals surface area contributed by atoms with E-state index in [2.05, 4.69) is 130 Å². The molecule has 0 aliphatic rings. The van der Waals surface area contributed by atoms with Crippen LogP contribution < -0.4 is 0 Å². The van der Waals surface area contributed by atoms with Crippen molar-refractivity contribution in [3.05, 3.63) is 194 Å². The molecule has 0 atom stereocenters. The standard InChI is InChI=1S/C53H31N5O/c54-32-36-30-35(42-31-41(33-16-4-1-5-17-33)55-53(56-42)34-18-6-2-7-19-34)28-29-43(36)58-45-26-14-10-22-38(45)47-50-48(52-49(51(47)58)40-24-12-15-27-46(40)59-52)39-23-11-13-25-44(39)57(50)37-20-8-3-9-21-37/h1-31H. The highest BCUT2D eigenvalue weighted by atomic mass is 16.3. The first kappa shape index (κ1) is 32.9. The molecule has 0 aliphatic heterocycles. The molecule has 0 N–H and O–H groups in total. The van der Waals surface area contributed by atoms with Crippen LogP contribution in [0, 0.1) is 11.3 Å². The van der Waals surface area contributed by atoms with Gasteiger partial charge in [0.15, 0.2) is 5.82 Å². The molecule has 0 amide bonds. The first-order valence-electron chi connectivity index (χ1n) is 19.6. The van der Waals surface area contributed by atoms with E-state index < -0.39 is 0 Å². The van der Waals surface area contributed by atoms with Crippen LogP contribution >= 0.6 is 0 Å². The zero-order valence-electron chi connectivity index (χ0n) is 31.5. The van der Waals surface area contributed by atoms with Crippen molar-refractivity contribution in [3.63, 3.8) is 0 Å². The van der Waals surface area contributed by atoms with Crippen molar-refractivity contribution in [2.24, 2.45) is 0 Å². The number of nitrogens with zero attached hydrogens (tertiary/aromatic N) is 5. The molecular weight excluding hydrogens is 723 g/mol. The van der Waals surface area contributed by atoms with Gasteiger partial charge in [-0.2, -0.15) is 5.26 Å². The predicted molar refractivity (Wildman–Crippen MR) is 239 cm³/mol. The molecule has 0 spiro atoms. The topological polar surface area (TPSA) is 72.6 Å². The van der Waals surface area contributed by atoms with Crippen molar-refractivity contribution in [1.82, 2.24) is 19.1 Å². The number of aromatic nitrogens is 4. The molecule has 4 aromatic heterocycles. The number of benzene rings is 8. The summed E-state index contributed by atoms with van der Waals surface area (Å²) >= 11 is 0. The Morgan fingerprint density at radius 3 is 1.71 bits per heavy atom. The van der Waals surface area contributed by atoms with Gasteiger partial charge in [-0.05, 0) is 48.5 Å². The molecule has 0 saturated carbocycles. The normalized spacial score (nSPS) is 11.7. The molecule has 274 valence electrons. The quantitative estimate of drug-likeness (QED) is 0.175. The Balaban J connectivity index is 1.20. The summed E-state index contributed by atoms with van der Waals surface area (Å²) in [6, 6.07) is 66.8. The highest BCUT2D eigenvalue weighted by Crippen LogP contribution is 2.49. The number of nitriles is 1. The van der Waals surface area contributed by atoms with Crippen LogP contribution in [-0.4, -0.2) is 19.1 Å². The number of fused-ring (bicyclic) bond motifs is 12. The van der Waals surface area contributed by atoms with Gasteiger partial charge in [-0.3, -0.25) is 0 Å². The van der Waals surface area contributed by atoms with E-state index in [0.717, 1.165) is 105 Å². The molecule has 6 heteroatoms. The molecule has 0 aliphatic carbocycles. The van der Waals surface area contributed by atoms with Crippen LogP contribution in [0.25, 0.3) is 111 Å². The Hall–Kier alpha value is -8.27. The van der Waals surface area contributed by atoms with Crippen LogP contribution in [0.2, 0.25) is 0 Å². The highest BCUT2D eigenvalue weighted by Gasteiger charge is 2.28. The van der Waals surface area contributed by atoms with Crippen LogP contribution in [0.3, 0.4) is 0 Å². The molecule has 12 rings (SSSR count). The fourth-order valence-electron chi connectivity index (χ4n) is 9.02. The van der Waals surface area contributed by atoms with Crippen LogP contribution in [0.4, 0.5) is 0 Å². The van der Waals surface area contributed by atoms with E-state index in [4.69, 9.17) is 14.4 Å². The van der Waals surface area contributed by atoms with Crippen molar-refractivity contribution in [1.29, 1.82) is 5.26 Å². The average molecular weight is 754 g/mol. The van der Waals surface area contributed by atoms with Crippen LogP contribution in [-0.2, 0) is 0 Å². The molecule has 0 radical (unpaired) electrons. The molecule has 0 fully saturated rings.